The van der Waals surface area contributed by atoms with Crippen molar-refractivity contribution >= 4 is 33.6 Å². The summed E-state index contributed by atoms with van der Waals surface area (Å²) in [4.78, 5) is 12.4. The summed E-state index contributed by atoms with van der Waals surface area (Å²) < 4.78 is 33.9. The summed E-state index contributed by atoms with van der Waals surface area (Å²) in [6.45, 7) is 4.42. The minimum absolute atomic E-state index is 0.0465. The third kappa shape index (κ3) is 7.30. The quantitative estimate of drug-likeness (QED) is 0.304. The highest BCUT2D eigenvalue weighted by Gasteiger charge is 2.26. The molecule has 0 aliphatic carbocycles. The van der Waals surface area contributed by atoms with E-state index < -0.39 is 15.9 Å². The van der Waals surface area contributed by atoms with E-state index in [1.807, 2.05) is 50.2 Å². The first-order valence-electron chi connectivity index (χ1n) is 11.0. The smallest absolute Gasteiger partial charge is 0.262 e. The van der Waals surface area contributed by atoms with Crippen molar-refractivity contribution in [2.24, 2.45) is 5.92 Å². The Morgan fingerprint density at radius 2 is 1.77 bits per heavy atom. The van der Waals surface area contributed by atoms with Gasteiger partial charge in [-0.05, 0) is 47.9 Å². The molecule has 7 nitrogen and oxygen atoms in total. The molecule has 3 rings (SSSR count). The summed E-state index contributed by atoms with van der Waals surface area (Å²) in [5.41, 5.74) is 0.715. The number of furan rings is 1. The van der Waals surface area contributed by atoms with Crippen LogP contribution in [0.4, 0.5) is 0 Å². The van der Waals surface area contributed by atoms with Crippen LogP contribution in [0.1, 0.15) is 30.9 Å². The van der Waals surface area contributed by atoms with Crippen LogP contribution in [-0.4, -0.2) is 25.2 Å². The Kier molecular flexibility index (Phi) is 8.88. The zero-order valence-corrected chi connectivity index (χ0v) is 21.0. The van der Waals surface area contributed by atoms with E-state index in [4.69, 9.17) is 16.0 Å². The van der Waals surface area contributed by atoms with Crippen LogP contribution in [-0.2, 0) is 27.9 Å². The Morgan fingerprint density at radius 3 is 2.40 bits per heavy atom. The van der Waals surface area contributed by atoms with Gasteiger partial charge in [-0.3, -0.25) is 4.79 Å². The number of nitrogens with one attached hydrogen (secondary N) is 1. The zero-order chi connectivity index (χ0) is 25.4. The van der Waals surface area contributed by atoms with Gasteiger partial charge < -0.3 is 9.73 Å². The standard InChI is InChI=1S/C26H26ClN3O4S/c1-19(2)16-29-26(31)21(15-28)14-23-10-11-24(34-23)18-30(17-20-6-4-3-5-7-20)35(32,33)25-12-8-22(27)9-13-25/h3-14,19H,16-18H2,1-2H3,(H,29,31)/b21-14-. The largest absolute Gasteiger partial charge is 0.460 e. The van der Waals surface area contributed by atoms with Gasteiger partial charge in [0.1, 0.15) is 23.2 Å². The molecule has 9 heteroatoms. The molecule has 0 saturated heterocycles. The van der Waals surface area contributed by atoms with E-state index in [9.17, 15) is 18.5 Å². The van der Waals surface area contributed by atoms with Gasteiger partial charge in [-0.2, -0.15) is 9.57 Å². The van der Waals surface area contributed by atoms with Gasteiger partial charge in [-0.25, -0.2) is 8.42 Å². The fourth-order valence-corrected chi connectivity index (χ4v) is 4.70. The molecule has 0 aliphatic rings. The van der Waals surface area contributed by atoms with Gasteiger partial charge in [0.25, 0.3) is 5.91 Å². The molecule has 2 aromatic carbocycles. The molecule has 1 N–H and O–H groups in total. The fraction of sp³-hybridized carbons (Fsp3) is 0.231. The third-order valence-electron chi connectivity index (χ3n) is 4.99. The SMILES string of the molecule is CC(C)CNC(=O)/C(C#N)=C\c1ccc(CN(Cc2ccccc2)S(=O)(=O)c2ccc(Cl)cc2)o1. The molecule has 1 aromatic heterocycles. The van der Waals surface area contributed by atoms with Crippen LogP contribution in [0, 0.1) is 17.2 Å². The van der Waals surface area contributed by atoms with Crippen molar-refractivity contribution in [3.8, 4) is 6.07 Å². The van der Waals surface area contributed by atoms with Crippen LogP contribution >= 0.6 is 11.6 Å². The van der Waals surface area contributed by atoms with Crippen LogP contribution in [0.25, 0.3) is 6.08 Å². The summed E-state index contributed by atoms with van der Waals surface area (Å²) in [6.07, 6.45) is 1.34. The molecular weight excluding hydrogens is 486 g/mol. The van der Waals surface area contributed by atoms with E-state index in [0.717, 1.165) is 5.56 Å². The van der Waals surface area contributed by atoms with Crippen LogP contribution in [0.5, 0.6) is 0 Å². The minimum atomic E-state index is -3.88. The summed E-state index contributed by atoms with van der Waals surface area (Å²) in [6, 6.07) is 20.3. The molecule has 0 spiro atoms. The van der Waals surface area contributed by atoms with Crippen molar-refractivity contribution in [3.05, 3.63) is 94.4 Å². The number of halogens is 1. The van der Waals surface area contributed by atoms with Gasteiger partial charge >= 0.3 is 0 Å². The van der Waals surface area contributed by atoms with Crippen molar-refractivity contribution in [1.82, 2.24) is 9.62 Å². The topological polar surface area (TPSA) is 103 Å². The predicted octanol–water partition coefficient (Wildman–Crippen LogP) is 5.00. The molecule has 0 unspecified atom stereocenters. The van der Waals surface area contributed by atoms with Crippen molar-refractivity contribution in [2.45, 2.75) is 31.8 Å². The third-order valence-corrected chi connectivity index (χ3v) is 7.05. The first-order valence-corrected chi connectivity index (χ1v) is 12.8. The van der Waals surface area contributed by atoms with Crippen LogP contribution in [0.2, 0.25) is 5.02 Å². The molecule has 0 bridgehead atoms. The Labute approximate surface area is 210 Å². The summed E-state index contributed by atoms with van der Waals surface area (Å²) in [5.74, 6) is 0.395. The highest BCUT2D eigenvalue weighted by atomic mass is 35.5. The maximum atomic E-state index is 13.4. The van der Waals surface area contributed by atoms with Crippen molar-refractivity contribution < 1.29 is 17.6 Å². The van der Waals surface area contributed by atoms with Gasteiger partial charge in [-0.1, -0.05) is 55.8 Å². The number of hydrogen-bond acceptors (Lipinski definition) is 5. The van der Waals surface area contributed by atoms with Gasteiger partial charge in [0.2, 0.25) is 10.0 Å². The molecule has 1 heterocycles. The first-order chi connectivity index (χ1) is 16.7. The molecule has 1 amide bonds. The molecule has 0 radical (unpaired) electrons. The second-order valence-electron chi connectivity index (χ2n) is 8.29. The minimum Gasteiger partial charge on any atom is -0.460 e. The molecular formula is C26H26ClN3O4S. The number of nitrogens with zero attached hydrogens (tertiary/aromatic N) is 2. The van der Waals surface area contributed by atoms with E-state index >= 15 is 0 Å². The fourth-order valence-electron chi connectivity index (χ4n) is 3.18. The van der Waals surface area contributed by atoms with E-state index in [1.54, 1.807) is 12.1 Å². The first kappa shape index (κ1) is 26.2. The van der Waals surface area contributed by atoms with Crippen molar-refractivity contribution in [2.75, 3.05) is 6.54 Å². The normalized spacial score (nSPS) is 12.1. The Morgan fingerprint density at radius 1 is 1.09 bits per heavy atom. The molecule has 0 aliphatic heterocycles. The van der Waals surface area contributed by atoms with E-state index in [-0.39, 0.29) is 35.2 Å². The molecule has 0 saturated carbocycles. The maximum absolute atomic E-state index is 13.4. The van der Waals surface area contributed by atoms with Crippen LogP contribution < -0.4 is 5.32 Å². The van der Waals surface area contributed by atoms with Gasteiger partial charge in [0, 0.05) is 24.2 Å². The van der Waals surface area contributed by atoms with Gasteiger partial charge in [0.15, 0.2) is 0 Å². The number of hydrogen-bond donors (Lipinski definition) is 1. The molecule has 3 aromatic rings. The molecule has 35 heavy (non-hydrogen) atoms. The predicted molar refractivity (Wildman–Crippen MR) is 134 cm³/mol. The number of benzene rings is 2. The highest BCUT2D eigenvalue weighted by Crippen LogP contribution is 2.24. The van der Waals surface area contributed by atoms with Crippen LogP contribution in [0.15, 0.2) is 81.6 Å². The number of carbonyl (C=O) groups is 1. The number of sulfonamides is 1. The summed E-state index contributed by atoms with van der Waals surface area (Å²) in [7, 11) is -3.88. The molecule has 0 fully saturated rings. The monoisotopic (exact) mass is 511 g/mol. The number of nitriles is 1. The average Bonchev–Trinajstić information content (AvgIpc) is 3.28. The second-order valence-corrected chi connectivity index (χ2v) is 10.7. The van der Waals surface area contributed by atoms with E-state index in [2.05, 4.69) is 5.32 Å². The average molecular weight is 512 g/mol. The lowest BCUT2D eigenvalue weighted by atomic mass is 10.2. The molecule has 182 valence electrons. The lowest BCUT2D eigenvalue weighted by molar-refractivity contribution is -0.117. The van der Waals surface area contributed by atoms with Crippen molar-refractivity contribution in [3.63, 3.8) is 0 Å². The Balaban J connectivity index is 1.86. The van der Waals surface area contributed by atoms with Gasteiger partial charge in [-0.15, -0.1) is 0 Å². The Bertz CT molecular complexity index is 1320. The highest BCUT2D eigenvalue weighted by molar-refractivity contribution is 7.89. The van der Waals surface area contributed by atoms with Crippen molar-refractivity contribution in [1.29, 1.82) is 5.26 Å². The number of amides is 1. The number of rotatable bonds is 10. The lowest BCUT2D eigenvalue weighted by Crippen LogP contribution is -2.30. The Hall–Kier alpha value is -3.38. The van der Waals surface area contributed by atoms with Gasteiger partial charge in [0.05, 0.1) is 11.4 Å². The summed E-state index contributed by atoms with van der Waals surface area (Å²) >= 11 is 5.93. The zero-order valence-electron chi connectivity index (χ0n) is 19.4. The second kappa shape index (κ2) is 11.8. The number of carbonyl (C=O) groups excluding carboxylic acids is 1. The van der Waals surface area contributed by atoms with E-state index in [0.29, 0.717) is 17.3 Å². The maximum Gasteiger partial charge on any atom is 0.262 e. The van der Waals surface area contributed by atoms with Crippen LogP contribution in [0.3, 0.4) is 0 Å². The summed E-state index contributed by atoms with van der Waals surface area (Å²) in [5, 5.41) is 12.5. The molecule has 0 atom stereocenters. The van der Waals surface area contributed by atoms with E-state index in [1.165, 1.54) is 34.6 Å². The lowest BCUT2D eigenvalue weighted by Gasteiger charge is -2.21.